The molecule has 4 rings (SSSR count). The Balaban J connectivity index is 0.00000193. The zero-order valence-electron chi connectivity index (χ0n) is 19.1. The zero-order chi connectivity index (χ0) is 21.3. The molecule has 0 unspecified atom stereocenters. The molecule has 0 amide bonds. The molecule has 0 atom stereocenters. The highest BCUT2D eigenvalue weighted by atomic mass is 35.5. The van der Waals surface area contributed by atoms with Gasteiger partial charge in [-0.25, -0.2) is 0 Å². The van der Waals surface area contributed by atoms with Crippen LogP contribution in [-0.2, 0) is 6.54 Å². The molecule has 34 heavy (non-hydrogen) atoms. The number of halogens is 3. The number of rotatable bonds is 10. The van der Waals surface area contributed by atoms with Crippen LogP contribution in [0.2, 0.25) is 0 Å². The molecule has 0 saturated carbocycles. The van der Waals surface area contributed by atoms with E-state index in [-0.39, 0.29) is 43.2 Å². The van der Waals surface area contributed by atoms with E-state index in [9.17, 15) is 0 Å². The summed E-state index contributed by atoms with van der Waals surface area (Å²) in [6, 6.07) is 15.9. The molecule has 2 aromatic carbocycles. The van der Waals surface area contributed by atoms with Crippen molar-refractivity contribution in [1.82, 2.24) is 35.7 Å². The molecule has 188 valence electrons. The average Bonchev–Trinajstić information content (AvgIpc) is 3.28. The Hall–Kier alpha value is -2.14. The molecule has 1 aliphatic heterocycles. The third kappa shape index (κ3) is 8.26. The highest BCUT2D eigenvalue weighted by Crippen LogP contribution is 2.32. The van der Waals surface area contributed by atoms with Crippen LogP contribution in [0.1, 0.15) is 12.5 Å². The molecular weight excluding hydrogens is 501 g/mol. The fraction of sp³-hybridized carbons (Fsp3) is 0.409. The molecule has 2 N–H and O–H groups in total. The van der Waals surface area contributed by atoms with E-state index in [1.54, 1.807) is 4.68 Å². The quantitative estimate of drug-likeness (QED) is 0.385. The fourth-order valence-electron chi connectivity index (χ4n) is 3.49. The number of benzene rings is 2. The van der Waals surface area contributed by atoms with Crippen molar-refractivity contribution in [1.29, 1.82) is 0 Å². The second-order valence-corrected chi connectivity index (χ2v) is 7.29. The molecule has 1 fully saturated rings. The van der Waals surface area contributed by atoms with Gasteiger partial charge in [0.05, 0.1) is 12.3 Å². The predicted molar refractivity (Wildman–Crippen MR) is 140 cm³/mol. The number of tetrazole rings is 1. The van der Waals surface area contributed by atoms with Gasteiger partial charge in [0, 0.05) is 45.8 Å². The SMILES string of the molecule is CCOc1cc(CNCCN2CCNCC2)ccc1Oc1nnnn1-c1ccccc1.Cl.Cl.Cl. The van der Waals surface area contributed by atoms with Crippen molar-refractivity contribution in [2.75, 3.05) is 45.9 Å². The number of hydrogen-bond donors (Lipinski definition) is 2. The molecule has 0 aliphatic carbocycles. The molecule has 1 aliphatic rings. The van der Waals surface area contributed by atoms with Gasteiger partial charge in [-0.2, -0.15) is 4.68 Å². The molecule has 1 saturated heterocycles. The van der Waals surface area contributed by atoms with E-state index < -0.39 is 0 Å². The van der Waals surface area contributed by atoms with E-state index >= 15 is 0 Å². The van der Waals surface area contributed by atoms with Crippen LogP contribution in [0.15, 0.2) is 48.5 Å². The van der Waals surface area contributed by atoms with Gasteiger partial charge in [0.1, 0.15) is 0 Å². The maximum Gasteiger partial charge on any atom is 0.346 e. The lowest BCUT2D eigenvalue weighted by Gasteiger charge is -2.27. The lowest BCUT2D eigenvalue weighted by molar-refractivity contribution is 0.241. The lowest BCUT2D eigenvalue weighted by Crippen LogP contribution is -2.45. The Labute approximate surface area is 218 Å². The van der Waals surface area contributed by atoms with Gasteiger partial charge in [0.25, 0.3) is 0 Å². The first kappa shape index (κ1) is 29.9. The zero-order valence-corrected chi connectivity index (χ0v) is 21.5. The monoisotopic (exact) mass is 531 g/mol. The van der Waals surface area contributed by atoms with Crippen LogP contribution in [-0.4, -0.2) is 71.0 Å². The lowest BCUT2D eigenvalue weighted by atomic mass is 10.2. The standard InChI is InChI=1S/C22H29N7O2.3ClH/c1-2-30-21-16-18(17-24-12-15-28-13-10-23-11-14-28)8-9-20(21)31-22-25-26-27-29(22)19-6-4-3-5-7-19;;;/h3-9,16,23-24H,2,10-15,17H2,1H3;3*1H. The molecule has 9 nitrogen and oxygen atoms in total. The average molecular weight is 533 g/mol. The van der Waals surface area contributed by atoms with Gasteiger partial charge < -0.3 is 20.1 Å². The molecular formula is C22H32Cl3N7O2. The van der Waals surface area contributed by atoms with Gasteiger partial charge in [-0.1, -0.05) is 29.4 Å². The topological polar surface area (TPSA) is 89.4 Å². The second-order valence-electron chi connectivity index (χ2n) is 7.29. The summed E-state index contributed by atoms with van der Waals surface area (Å²) in [5.41, 5.74) is 1.96. The van der Waals surface area contributed by atoms with Gasteiger partial charge in [-0.15, -0.1) is 37.2 Å². The largest absolute Gasteiger partial charge is 0.490 e. The Morgan fingerprint density at radius 2 is 1.76 bits per heavy atom. The highest BCUT2D eigenvalue weighted by molar-refractivity contribution is 5.86. The first-order valence-corrected chi connectivity index (χ1v) is 10.7. The first-order valence-electron chi connectivity index (χ1n) is 10.7. The molecule has 0 bridgehead atoms. The summed E-state index contributed by atoms with van der Waals surface area (Å²) in [5, 5.41) is 18.7. The number of para-hydroxylation sites is 1. The third-order valence-electron chi connectivity index (χ3n) is 5.09. The summed E-state index contributed by atoms with van der Waals surface area (Å²) in [7, 11) is 0. The van der Waals surface area contributed by atoms with Gasteiger partial charge in [-0.3, -0.25) is 4.90 Å². The molecule has 1 aromatic heterocycles. The van der Waals surface area contributed by atoms with Crippen molar-refractivity contribution < 1.29 is 9.47 Å². The minimum Gasteiger partial charge on any atom is -0.490 e. The normalized spacial score (nSPS) is 13.2. The van der Waals surface area contributed by atoms with Crippen molar-refractivity contribution in [2.24, 2.45) is 0 Å². The van der Waals surface area contributed by atoms with Crippen LogP contribution in [0.4, 0.5) is 0 Å². The van der Waals surface area contributed by atoms with E-state index in [0.717, 1.165) is 57.1 Å². The van der Waals surface area contributed by atoms with Crippen molar-refractivity contribution in [3.8, 4) is 23.2 Å². The van der Waals surface area contributed by atoms with E-state index in [4.69, 9.17) is 9.47 Å². The van der Waals surface area contributed by atoms with E-state index in [1.807, 2.05) is 55.5 Å². The number of piperazine rings is 1. The van der Waals surface area contributed by atoms with Crippen molar-refractivity contribution in [3.05, 3.63) is 54.1 Å². The Kier molecular flexibility index (Phi) is 13.8. The van der Waals surface area contributed by atoms with Crippen LogP contribution in [0.5, 0.6) is 17.5 Å². The van der Waals surface area contributed by atoms with Gasteiger partial charge in [-0.05, 0) is 47.2 Å². The minimum atomic E-state index is 0. The van der Waals surface area contributed by atoms with Crippen LogP contribution < -0.4 is 20.1 Å². The smallest absolute Gasteiger partial charge is 0.346 e. The van der Waals surface area contributed by atoms with Crippen LogP contribution >= 0.6 is 37.2 Å². The number of hydrogen-bond acceptors (Lipinski definition) is 8. The van der Waals surface area contributed by atoms with Crippen LogP contribution in [0.3, 0.4) is 0 Å². The summed E-state index contributed by atoms with van der Waals surface area (Å²) < 4.78 is 13.4. The summed E-state index contributed by atoms with van der Waals surface area (Å²) in [4.78, 5) is 2.48. The van der Waals surface area contributed by atoms with E-state index in [0.29, 0.717) is 18.1 Å². The van der Waals surface area contributed by atoms with Crippen molar-refractivity contribution in [2.45, 2.75) is 13.5 Å². The maximum atomic E-state index is 6.02. The summed E-state index contributed by atoms with van der Waals surface area (Å²) in [6.07, 6.45) is 0. The van der Waals surface area contributed by atoms with Gasteiger partial charge in [0.2, 0.25) is 0 Å². The second kappa shape index (κ2) is 15.7. The van der Waals surface area contributed by atoms with Crippen molar-refractivity contribution >= 4 is 37.2 Å². The van der Waals surface area contributed by atoms with E-state index in [1.165, 1.54) is 0 Å². The number of aromatic nitrogens is 4. The molecule has 3 aromatic rings. The summed E-state index contributed by atoms with van der Waals surface area (Å²) in [6.45, 7) is 9.66. The third-order valence-corrected chi connectivity index (χ3v) is 5.09. The fourth-order valence-corrected chi connectivity index (χ4v) is 3.49. The number of ether oxygens (including phenoxy) is 2. The minimum absolute atomic E-state index is 0. The number of nitrogens with zero attached hydrogens (tertiary/aromatic N) is 5. The molecule has 0 radical (unpaired) electrons. The molecule has 12 heteroatoms. The van der Waals surface area contributed by atoms with Crippen LogP contribution in [0.25, 0.3) is 5.69 Å². The molecule has 0 spiro atoms. The first-order chi connectivity index (χ1) is 15.3. The summed E-state index contributed by atoms with van der Waals surface area (Å²) in [5.74, 6) is 1.25. The summed E-state index contributed by atoms with van der Waals surface area (Å²) >= 11 is 0. The Morgan fingerprint density at radius 1 is 1.00 bits per heavy atom. The van der Waals surface area contributed by atoms with Gasteiger partial charge >= 0.3 is 6.01 Å². The predicted octanol–water partition coefficient (Wildman–Crippen LogP) is 3.11. The highest BCUT2D eigenvalue weighted by Gasteiger charge is 2.14. The number of nitrogens with one attached hydrogen (secondary N) is 2. The Bertz CT molecular complexity index is 957. The maximum absolute atomic E-state index is 6.02. The van der Waals surface area contributed by atoms with E-state index in [2.05, 4.69) is 31.1 Å². The Morgan fingerprint density at radius 3 is 2.50 bits per heavy atom. The molecule has 2 heterocycles. The van der Waals surface area contributed by atoms with Gasteiger partial charge in [0.15, 0.2) is 11.5 Å². The van der Waals surface area contributed by atoms with Crippen molar-refractivity contribution in [3.63, 3.8) is 0 Å². The van der Waals surface area contributed by atoms with Crippen LogP contribution in [0, 0.1) is 0 Å².